The lowest BCUT2D eigenvalue weighted by atomic mass is 10.0. The average Bonchev–Trinajstić information content (AvgIpc) is 2.15. The van der Waals surface area contributed by atoms with Crippen LogP contribution in [0.1, 0.15) is 18.1 Å². The maximum Gasteiger partial charge on any atom is 0.458 e. The van der Waals surface area contributed by atoms with Gasteiger partial charge in [-0.05, 0) is 18.9 Å². The van der Waals surface area contributed by atoms with Crippen LogP contribution in [0, 0.1) is 0 Å². The Morgan fingerprint density at radius 3 is 1.88 bits per heavy atom. The molecule has 0 saturated heterocycles. The molecule has 0 aliphatic heterocycles. The zero-order chi connectivity index (χ0) is 13.3. The second kappa shape index (κ2) is 4.60. The molecule has 0 aromatic heterocycles. The third-order valence-corrected chi connectivity index (χ3v) is 2.23. The predicted octanol–water partition coefficient (Wildman–Crippen LogP) is 3.23. The van der Waals surface area contributed by atoms with Crippen LogP contribution in [0.4, 0.5) is 22.0 Å². The van der Waals surface area contributed by atoms with E-state index in [0.29, 0.717) is 12.0 Å². The normalized spacial score (nSPS) is 14.8. The molecule has 0 radical (unpaired) electrons. The van der Waals surface area contributed by atoms with E-state index >= 15 is 0 Å². The summed E-state index contributed by atoms with van der Waals surface area (Å²) in [7, 11) is 0. The molecule has 1 aromatic carbocycles. The summed E-state index contributed by atoms with van der Waals surface area (Å²) in [6, 6.07) is 3.86. The van der Waals surface area contributed by atoms with Crippen molar-refractivity contribution in [1.82, 2.24) is 0 Å². The summed E-state index contributed by atoms with van der Waals surface area (Å²) in [5.41, 5.74) is 5.06. The van der Waals surface area contributed by atoms with E-state index in [9.17, 15) is 22.0 Å². The van der Waals surface area contributed by atoms with Gasteiger partial charge < -0.3 is 5.73 Å². The molecule has 0 amide bonds. The van der Waals surface area contributed by atoms with Gasteiger partial charge in [-0.1, -0.05) is 24.3 Å². The Morgan fingerprint density at radius 1 is 1.06 bits per heavy atom. The Morgan fingerprint density at radius 2 is 1.53 bits per heavy atom. The third-order valence-electron chi connectivity index (χ3n) is 2.23. The second-order valence-electron chi connectivity index (χ2n) is 3.95. The molecule has 0 spiro atoms. The molecule has 1 atom stereocenters. The van der Waals surface area contributed by atoms with E-state index in [4.69, 9.17) is 5.73 Å². The van der Waals surface area contributed by atoms with Crippen molar-refractivity contribution in [1.29, 1.82) is 0 Å². The van der Waals surface area contributed by atoms with E-state index in [-0.39, 0.29) is 6.04 Å². The molecule has 0 fully saturated rings. The topological polar surface area (TPSA) is 26.0 Å². The highest BCUT2D eigenvalue weighted by Gasteiger charge is 2.58. The summed E-state index contributed by atoms with van der Waals surface area (Å²) in [6.45, 7) is 1.72. The van der Waals surface area contributed by atoms with Gasteiger partial charge >= 0.3 is 12.1 Å². The smallest absolute Gasteiger partial charge is 0.328 e. The fraction of sp³-hybridized carbons (Fsp3) is 0.455. The highest BCUT2D eigenvalue weighted by Crippen LogP contribution is 2.43. The van der Waals surface area contributed by atoms with E-state index in [1.165, 1.54) is 12.1 Å². The van der Waals surface area contributed by atoms with E-state index in [2.05, 4.69) is 0 Å². The van der Waals surface area contributed by atoms with Gasteiger partial charge in [0, 0.05) is 11.6 Å². The Bertz CT molecular complexity index is 366. The molecule has 17 heavy (non-hydrogen) atoms. The van der Waals surface area contributed by atoms with Crippen LogP contribution in [-0.4, -0.2) is 12.2 Å². The summed E-state index contributed by atoms with van der Waals surface area (Å²) >= 11 is 0. The zero-order valence-corrected chi connectivity index (χ0v) is 9.06. The number of nitrogens with two attached hydrogens (primary N) is 1. The molecular weight excluding hydrogens is 241 g/mol. The molecule has 0 bridgehead atoms. The van der Waals surface area contributed by atoms with Gasteiger partial charge in [-0.15, -0.1) is 0 Å². The minimum absolute atomic E-state index is 0.177. The van der Waals surface area contributed by atoms with E-state index < -0.39 is 17.7 Å². The Labute approximate surface area is 95.4 Å². The molecule has 0 saturated carbocycles. The number of alkyl halides is 5. The average molecular weight is 253 g/mol. The summed E-state index contributed by atoms with van der Waals surface area (Å²) in [5, 5.41) is 0. The van der Waals surface area contributed by atoms with Gasteiger partial charge in [0.05, 0.1) is 0 Å². The van der Waals surface area contributed by atoms with Crippen LogP contribution in [-0.2, 0) is 12.3 Å². The van der Waals surface area contributed by atoms with Crippen LogP contribution in [0.2, 0.25) is 0 Å². The molecule has 1 nitrogen and oxygen atoms in total. The summed E-state index contributed by atoms with van der Waals surface area (Å²) in [6.07, 6.45) is -5.15. The first kappa shape index (κ1) is 13.9. The molecule has 96 valence electrons. The molecule has 0 aliphatic rings. The van der Waals surface area contributed by atoms with Crippen molar-refractivity contribution in [2.75, 3.05) is 0 Å². The van der Waals surface area contributed by atoms with Crippen molar-refractivity contribution in [3.05, 3.63) is 35.4 Å². The summed E-state index contributed by atoms with van der Waals surface area (Å²) in [5.74, 6) is -4.82. The lowest BCUT2D eigenvalue weighted by molar-refractivity contribution is -0.289. The van der Waals surface area contributed by atoms with Crippen molar-refractivity contribution in [2.24, 2.45) is 5.73 Å². The maximum absolute atomic E-state index is 12.9. The van der Waals surface area contributed by atoms with Crippen LogP contribution in [0.5, 0.6) is 0 Å². The number of hydrogen-bond donors (Lipinski definition) is 1. The number of rotatable bonds is 3. The SMILES string of the molecule is C[C@@H](N)Cc1ccc(C(F)(F)C(F)(F)F)cc1. The Balaban J connectivity index is 2.95. The lowest BCUT2D eigenvalue weighted by Crippen LogP contribution is -2.33. The van der Waals surface area contributed by atoms with Gasteiger partial charge in [0.1, 0.15) is 0 Å². The van der Waals surface area contributed by atoms with Crippen LogP contribution in [0.3, 0.4) is 0 Å². The van der Waals surface area contributed by atoms with Crippen molar-refractivity contribution in [2.45, 2.75) is 31.5 Å². The van der Waals surface area contributed by atoms with Crippen molar-refractivity contribution < 1.29 is 22.0 Å². The predicted molar refractivity (Wildman–Crippen MR) is 53.7 cm³/mol. The first-order chi connectivity index (χ1) is 7.64. The highest BCUT2D eigenvalue weighted by molar-refractivity contribution is 5.27. The molecule has 2 N–H and O–H groups in total. The van der Waals surface area contributed by atoms with E-state index in [1.807, 2.05) is 0 Å². The minimum Gasteiger partial charge on any atom is -0.328 e. The minimum atomic E-state index is -5.57. The number of halogens is 5. The Kier molecular flexibility index (Phi) is 3.76. The quantitative estimate of drug-likeness (QED) is 0.822. The van der Waals surface area contributed by atoms with Gasteiger partial charge in [0.2, 0.25) is 0 Å². The van der Waals surface area contributed by atoms with Crippen LogP contribution in [0.15, 0.2) is 24.3 Å². The number of hydrogen-bond acceptors (Lipinski definition) is 1. The van der Waals surface area contributed by atoms with Crippen molar-refractivity contribution >= 4 is 0 Å². The van der Waals surface area contributed by atoms with E-state index in [1.54, 1.807) is 6.92 Å². The molecule has 1 rings (SSSR count). The van der Waals surface area contributed by atoms with Crippen molar-refractivity contribution in [3.63, 3.8) is 0 Å². The largest absolute Gasteiger partial charge is 0.458 e. The number of benzene rings is 1. The van der Waals surface area contributed by atoms with Crippen LogP contribution in [0.25, 0.3) is 0 Å². The molecule has 1 aromatic rings. The molecular formula is C11H12F5N. The first-order valence-corrected chi connectivity index (χ1v) is 4.94. The maximum atomic E-state index is 12.9. The Hall–Kier alpha value is -1.17. The van der Waals surface area contributed by atoms with E-state index in [0.717, 1.165) is 12.1 Å². The standard InChI is InChI=1S/C11H12F5N/c1-7(17)6-8-2-4-9(5-3-8)10(12,13)11(14,15)16/h2-5,7H,6,17H2,1H3/t7-/m1/s1. The lowest BCUT2D eigenvalue weighted by Gasteiger charge is -2.20. The summed E-state index contributed by atoms with van der Waals surface area (Å²) in [4.78, 5) is 0. The zero-order valence-electron chi connectivity index (χ0n) is 9.06. The third kappa shape index (κ3) is 3.15. The van der Waals surface area contributed by atoms with Crippen LogP contribution >= 0.6 is 0 Å². The van der Waals surface area contributed by atoms with Crippen LogP contribution < -0.4 is 5.73 Å². The molecule has 6 heteroatoms. The first-order valence-electron chi connectivity index (χ1n) is 4.94. The fourth-order valence-corrected chi connectivity index (χ4v) is 1.39. The van der Waals surface area contributed by atoms with Gasteiger partial charge in [0.25, 0.3) is 0 Å². The van der Waals surface area contributed by atoms with Gasteiger partial charge in [-0.25, -0.2) is 0 Å². The summed E-state index contributed by atoms with van der Waals surface area (Å²) < 4.78 is 62.0. The second-order valence-corrected chi connectivity index (χ2v) is 3.95. The van der Waals surface area contributed by atoms with Gasteiger partial charge in [0.15, 0.2) is 0 Å². The molecule has 0 unspecified atom stereocenters. The fourth-order valence-electron chi connectivity index (χ4n) is 1.39. The molecule has 0 aliphatic carbocycles. The van der Waals surface area contributed by atoms with Crippen molar-refractivity contribution in [3.8, 4) is 0 Å². The highest BCUT2D eigenvalue weighted by atomic mass is 19.4. The monoisotopic (exact) mass is 253 g/mol. The van der Waals surface area contributed by atoms with Gasteiger partial charge in [-0.3, -0.25) is 0 Å². The molecule has 0 heterocycles. The van der Waals surface area contributed by atoms with Gasteiger partial charge in [-0.2, -0.15) is 22.0 Å².